The molecule has 0 saturated carbocycles. The van der Waals surface area contributed by atoms with E-state index in [0.29, 0.717) is 0 Å². The van der Waals surface area contributed by atoms with Crippen LogP contribution in [0.25, 0.3) is 0 Å². The summed E-state index contributed by atoms with van der Waals surface area (Å²) in [6, 6.07) is -0.101. The van der Waals surface area contributed by atoms with Gasteiger partial charge in [0.25, 0.3) is 0 Å². The lowest BCUT2D eigenvalue weighted by molar-refractivity contribution is -0.388. The van der Waals surface area contributed by atoms with Crippen LogP contribution in [-0.4, -0.2) is 10.5 Å². The second-order valence-corrected chi connectivity index (χ2v) is 3.08. The Morgan fingerprint density at radius 1 is 1.29 bits per heavy atom. The van der Waals surface area contributed by atoms with Crippen LogP contribution >= 0.6 is 11.6 Å². The van der Waals surface area contributed by atoms with Crippen LogP contribution < -0.4 is 4.74 Å². The van der Waals surface area contributed by atoms with Crippen LogP contribution in [0.3, 0.4) is 0 Å². The molecular weight excluding hydrogens is 277 g/mol. The summed E-state index contributed by atoms with van der Waals surface area (Å²) < 4.78 is 66.4. The molecule has 0 amide bonds. The quantitative estimate of drug-likeness (QED) is 0.280. The Hall–Kier alpha value is -1.64. The highest BCUT2D eigenvalue weighted by atomic mass is 35.5. The maximum atomic E-state index is 13.0. The Morgan fingerprint density at radius 2 is 1.82 bits per heavy atom. The highest BCUT2D eigenvalue weighted by molar-refractivity contribution is 6.20. The minimum absolute atomic E-state index is 0.101. The number of alkyl halides is 3. The van der Waals surface area contributed by atoms with Gasteiger partial charge in [-0.1, -0.05) is 0 Å². The lowest BCUT2D eigenvalue weighted by Gasteiger charge is -2.12. The number of nitro benzene ring substituents is 1. The first-order valence-corrected chi connectivity index (χ1v) is 4.09. The highest BCUT2D eigenvalue weighted by Crippen LogP contribution is 2.34. The van der Waals surface area contributed by atoms with E-state index in [2.05, 4.69) is 16.3 Å². The first-order valence-electron chi connectivity index (χ1n) is 3.71. The molecule has 0 bridgehead atoms. The normalized spacial score (nSPS) is 11.4. The molecule has 0 radical (unpaired) electrons. The van der Waals surface area contributed by atoms with E-state index >= 15 is 0 Å². The van der Waals surface area contributed by atoms with Crippen molar-refractivity contribution < 1.29 is 31.6 Å². The standard InChI is InChI=1S/C7HClF5NO3/c8-7(12,13)17-6-2(9)1-3(14(15)16)4(10)5(6)11/h1H. The molecule has 0 aromatic heterocycles. The molecule has 0 aliphatic heterocycles. The van der Waals surface area contributed by atoms with Gasteiger partial charge in [0.2, 0.25) is 17.4 Å². The van der Waals surface area contributed by atoms with Crippen molar-refractivity contribution in [3.05, 3.63) is 33.6 Å². The average molecular weight is 278 g/mol. The van der Waals surface area contributed by atoms with E-state index in [1.165, 1.54) is 0 Å². The predicted octanol–water partition coefficient (Wildman–Crippen LogP) is 3.18. The summed E-state index contributed by atoms with van der Waals surface area (Å²) in [5, 5.41) is 10.1. The first kappa shape index (κ1) is 13.4. The Morgan fingerprint density at radius 3 is 2.24 bits per heavy atom. The minimum Gasteiger partial charge on any atom is -0.414 e. The van der Waals surface area contributed by atoms with E-state index in [9.17, 15) is 32.1 Å². The molecule has 0 aliphatic rings. The first-order chi connectivity index (χ1) is 7.63. The maximum absolute atomic E-state index is 13.0. The van der Waals surface area contributed by atoms with Crippen LogP contribution in [-0.2, 0) is 0 Å². The number of nitro groups is 1. The van der Waals surface area contributed by atoms with Gasteiger partial charge >= 0.3 is 11.3 Å². The topological polar surface area (TPSA) is 52.4 Å². The molecule has 1 aromatic carbocycles. The van der Waals surface area contributed by atoms with E-state index in [4.69, 9.17) is 0 Å². The average Bonchev–Trinajstić information content (AvgIpc) is 2.16. The molecule has 0 spiro atoms. The van der Waals surface area contributed by atoms with Gasteiger partial charge < -0.3 is 4.74 Å². The molecule has 94 valence electrons. The third-order valence-electron chi connectivity index (χ3n) is 1.51. The molecule has 10 heteroatoms. The van der Waals surface area contributed by atoms with Gasteiger partial charge in [0, 0.05) is 11.6 Å². The van der Waals surface area contributed by atoms with Crippen molar-refractivity contribution in [1.82, 2.24) is 0 Å². The molecule has 4 nitrogen and oxygen atoms in total. The second-order valence-electron chi connectivity index (χ2n) is 2.64. The van der Waals surface area contributed by atoms with Crippen molar-refractivity contribution in [2.24, 2.45) is 0 Å². The van der Waals surface area contributed by atoms with Crippen molar-refractivity contribution in [3.63, 3.8) is 0 Å². The fraction of sp³-hybridized carbons (Fsp3) is 0.143. The molecule has 0 fully saturated rings. The molecule has 0 heterocycles. The van der Waals surface area contributed by atoms with Crippen molar-refractivity contribution >= 4 is 17.3 Å². The Labute approximate surface area is 94.7 Å². The minimum atomic E-state index is -4.48. The lowest BCUT2D eigenvalue weighted by Crippen LogP contribution is -2.18. The number of ether oxygens (including phenoxy) is 1. The number of halogens is 6. The van der Waals surface area contributed by atoms with Gasteiger partial charge in [-0.05, 0) is 0 Å². The van der Waals surface area contributed by atoms with E-state index < -0.39 is 39.4 Å². The maximum Gasteiger partial charge on any atom is 0.487 e. The number of benzene rings is 1. The Kier molecular flexibility index (Phi) is 3.41. The van der Waals surface area contributed by atoms with Crippen LogP contribution in [0.2, 0.25) is 0 Å². The fourth-order valence-corrected chi connectivity index (χ4v) is 0.985. The lowest BCUT2D eigenvalue weighted by atomic mass is 10.2. The molecule has 17 heavy (non-hydrogen) atoms. The van der Waals surface area contributed by atoms with Crippen molar-refractivity contribution in [1.29, 1.82) is 0 Å². The largest absolute Gasteiger partial charge is 0.487 e. The van der Waals surface area contributed by atoms with Crippen molar-refractivity contribution in [3.8, 4) is 5.75 Å². The molecule has 1 rings (SSSR count). The van der Waals surface area contributed by atoms with Crippen LogP contribution in [0.4, 0.5) is 27.6 Å². The summed E-state index contributed by atoms with van der Waals surface area (Å²) in [5.74, 6) is -8.12. The van der Waals surface area contributed by atoms with Crippen LogP contribution in [0.1, 0.15) is 0 Å². The molecule has 0 atom stereocenters. The third-order valence-corrected chi connectivity index (χ3v) is 1.59. The molecule has 0 aliphatic carbocycles. The van der Waals surface area contributed by atoms with Crippen LogP contribution in [0.15, 0.2) is 6.07 Å². The van der Waals surface area contributed by atoms with Crippen molar-refractivity contribution in [2.75, 3.05) is 0 Å². The van der Waals surface area contributed by atoms with Gasteiger partial charge in [-0.3, -0.25) is 10.1 Å². The van der Waals surface area contributed by atoms with Gasteiger partial charge in [0.1, 0.15) is 0 Å². The van der Waals surface area contributed by atoms with Gasteiger partial charge in [0.15, 0.2) is 5.82 Å². The SMILES string of the molecule is O=[N+]([O-])c1cc(F)c(OC(F)(F)Cl)c(F)c1F. The highest BCUT2D eigenvalue weighted by Gasteiger charge is 2.34. The van der Waals surface area contributed by atoms with E-state index in [1.807, 2.05) is 0 Å². The zero-order valence-corrected chi connectivity index (χ0v) is 8.27. The zero-order chi connectivity index (χ0) is 13.4. The predicted molar refractivity (Wildman–Crippen MR) is 44.4 cm³/mol. The number of nitrogens with zero attached hydrogens (tertiary/aromatic N) is 1. The number of hydrogen-bond donors (Lipinski definition) is 0. The Balaban J connectivity index is 3.36. The number of rotatable bonds is 3. The summed E-state index contributed by atoms with van der Waals surface area (Å²) >= 11 is 4.22. The smallest absolute Gasteiger partial charge is 0.414 e. The molecular formula is C7HClF5NO3. The molecule has 0 N–H and O–H groups in total. The van der Waals surface area contributed by atoms with Crippen molar-refractivity contribution in [2.45, 2.75) is 5.57 Å². The Bertz CT molecular complexity index is 476. The third kappa shape index (κ3) is 2.93. The van der Waals surface area contributed by atoms with E-state index in [0.717, 1.165) is 0 Å². The zero-order valence-electron chi connectivity index (χ0n) is 7.52. The molecule has 1 aromatic rings. The fourth-order valence-electron chi connectivity index (χ4n) is 0.908. The van der Waals surface area contributed by atoms with Crippen LogP contribution in [0, 0.1) is 27.6 Å². The van der Waals surface area contributed by atoms with Gasteiger partial charge in [-0.25, -0.2) is 4.39 Å². The second kappa shape index (κ2) is 4.32. The summed E-state index contributed by atoms with van der Waals surface area (Å²) in [4.78, 5) is 8.71. The monoisotopic (exact) mass is 277 g/mol. The molecule has 0 unspecified atom stereocenters. The summed E-state index contributed by atoms with van der Waals surface area (Å²) in [7, 11) is 0. The summed E-state index contributed by atoms with van der Waals surface area (Å²) in [6.07, 6.45) is 0. The molecule has 0 saturated heterocycles. The van der Waals surface area contributed by atoms with Gasteiger partial charge in [0.05, 0.1) is 11.0 Å². The van der Waals surface area contributed by atoms with Crippen LogP contribution in [0.5, 0.6) is 5.75 Å². The van der Waals surface area contributed by atoms with Gasteiger partial charge in [-0.15, -0.1) is 8.78 Å². The summed E-state index contributed by atoms with van der Waals surface area (Å²) in [6.45, 7) is 0. The van der Waals surface area contributed by atoms with E-state index in [1.54, 1.807) is 0 Å². The van der Waals surface area contributed by atoms with E-state index in [-0.39, 0.29) is 6.07 Å². The van der Waals surface area contributed by atoms with Gasteiger partial charge in [-0.2, -0.15) is 8.78 Å². The number of hydrogen-bond acceptors (Lipinski definition) is 3. The summed E-state index contributed by atoms with van der Waals surface area (Å²) in [5.41, 5.74) is -6.03.